The fraction of sp³-hybridized carbons (Fsp3) is 0.250. The van der Waals surface area contributed by atoms with E-state index in [1.54, 1.807) is 0 Å². The van der Waals surface area contributed by atoms with E-state index >= 15 is 0 Å². The van der Waals surface area contributed by atoms with E-state index in [0.717, 1.165) is 25.7 Å². The first kappa shape index (κ1) is 17.3. The maximum absolute atomic E-state index is 12.2. The van der Waals surface area contributed by atoms with Gasteiger partial charge in [-0.1, -0.05) is 110 Å². The Balaban J connectivity index is 2.07. The van der Waals surface area contributed by atoms with Gasteiger partial charge in [0.2, 0.25) is 0 Å². The third kappa shape index (κ3) is 2.74. The lowest BCUT2D eigenvalue weighted by molar-refractivity contribution is 0.0775. The van der Waals surface area contributed by atoms with Gasteiger partial charge in [-0.2, -0.15) is 0 Å². The topological polar surface area (TPSA) is 20.2 Å². The summed E-state index contributed by atoms with van der Waals surface area (Å²) < 4.78 is 0. The summed E-state index contributed by atoms with van der Waals surface area (Å²) in [5, 5.41) is 15.5. The van der Waals surface area contributed by atoms with Crippen LogP contribution in [0.25, 0.3) is 0 Å². The highest BCUT2D eigenvalue weighted by atomic mass is 28.3. The van der Waals surface area contributed by atoms with Crippen molar-refractivity contribution in [2.45, 2.75) is 37.3 Å². The summed E-state index contributed by atoms with van der Waals surface area (Å²) in [4.78, 5) is 0. The normalized spacial score (nSPS) is 17.0. The third-order valence-corrected chi connectivity index (χ3v) is 11.5. The van der Waals surface area contributed by atoms with Crippen LogP contribution in [0.4, 0.5) is 0 Å². The predicted octanol–water partition coefficient (Wildman–Crippen LogP) is 3.39. The quantitative estimate of drug-likeness (QED) is 0.560. The Bertz CT molecular complexity index is 727. The molecule has 1 aliphatic rings. The molecule has 1 nitrogen and oxygen atoms in total. The molecule has 0 amide bonds. The second kappa shape index (κ2) is 7.22. The first-order chi connectivity index (χ1) is 12.8. The Morgan fingerprint density at radius 2 is 0.885 bits per heavy atom. The zero-order valence-electron chi connectivity index (χ0n) is 15.1. The average molecular weight is 359 g/mol. The Labute approximate surface area is 157 Å². The standard InChI is InChI=1S/C24H26OSi/c25-24(19-11-4-12-20-24)26(21-13-5-1-6-14-21,22-15-7-2-8-16-22)23-17-9-3-10-18-23/h1-3,5-10,13-18,25H,4,11-12,19-20H2. The largest absolute Gasteiger partial charge is 0.392 e. The van der Waals surface area contributed by atoms with Crippen molar-refractivity contribution in [3.8, 4) is 0 Å². The van der Waals surface area contributed by atoms with Crippen molar-refractivity contribution in [3.05, 3.63) is 91.0 Å². The highest BCUT2D eigenvalue weighted by molar-refractivity contribution is 7.13. The summed E-state index contributed by atoms with van der Waals surface area (Å²) in [5.41, 5.74) is 0. The molecule has 3 aromatic rings. The van der Waals surface area contributed by atoms with Crippen LogP contribution in [-0.4, -0.2) is 18.4 Å². The second-order valence-corrected chi connectivity index (χ2v) is 11.6. The molecular weight excluding hydrogens is 332 g/mol. The van der Waals surface area contributed by atoms with Crippen LogP contribution in [0.1, 0.15) is 32.1 Å². The van der Waals surface area contributed by atoms with E-state index in [-0.39, 0.29) is 0 Å². The van der Waals surface area contributed by atoms with E-state index in [9.17, 15) is 5.11 Å². The van der Waals surface area contributed by atoms with Crippen molar-refractivity contribution in [3.63, 3.8) is 0 Å². The molecule has 0 radical (unpaired) electrons. The van der Waals surface area contributed by atoms with E-state index in [1.807, 2.05) is 0 Å². The van der Waals surface area contributed by atoms with E-state index < -0.39 is 13.3 Å². The highest BCUT2D eigenvalue weighted by Crippen LogP contribution is 2.35. The van der Waals surface area contributed by atoms with Crippen LogP contribution < -0.4 is 15.6 Å². The van der Waals surface area contributed by atoms with Gasteiger partial charge in [0.1, 0.15) is 0 Å². The summed E-state index contributed by atoms with van der Waals surface area (Å²) in [6, 6.07) is 32.3. The van der Waals surface area contributed by atoms with Gasteiger partial charge in [0.05, 0.1) is 5.22 Å². The minimum absolute atomic E-state index is 0.657. The SMILES string of the molecule is OC1([Si](c2ccccc2)(c2ccccc2)c2ccccc2)CCCCC1. The number of hydrogen-bond donors (Lipinski definition) is 1. The maximum atomic E-state index is 12.2. The van der Waals surface area contributed by atoms with Gasteiger partial charge in [-0.15, -0.1) is 0 Å². The molecule has 0 bridgehead atoms. The average Bonchev–Trinajstić information content (AvgIpc) is 2.71. The lowest BCUT2D eigenvalue weighted by Crippen LogP contribution is -2.80. The lowest BCUT2D eigenvalue weighted by Gasteiger charge is -2.49. The fourth-order valence-corrected chi connectivity index (χ4v) is 10.7. The van der Waals surface area contributed by atoms with Gasteiger partial charge in [0.25, 0.3) is 0 Å². The number of aliphatic hydroxyl groups is 1. The Hall–Kier alpha value is -2.16. The fourth-order valence-electron chi connectivity index (χ4n) is 4.88. The summed E-state index contributed by atoms with van der Waals surface area (Å²) in [7, 11) is -2.59. The van der Waals surface area contributed by atoms with Crippen molar-refractivity contribution in [1.29, 1.82) is 0 Å². The van der Waals surface area contributed by atoms with E-state index in [4.69, 9.17) is 0 Å². The molecule has 0 atom stereocenters. The van der Waals surface area contributed by atoms with Crippen molar-refractivity contribution < 1.29 is 5.11 Å². The third-order valence-electron chi connectivity index (χ3n) is 6.00. The van der Waals surface area contributed by atoms with Gasteiger partial charge < -0.3 is 5.11 Å². The summed E-state index contributed by atoms with van der Waals surface area (Å²) >= 11 is 0. The highest BCUT2D eigenvalue weighted by Gasteiger charge is 2.56. The number of rotatable bonds is 4. The molecule has 4 rings (SSSR count). The Morgan fingerprint density at radius 3 is 1.23 bits per heavy atom. The van der Waals surface area contributed by atoms with Gasteiger partial charge in [0, 0.05) is 0 Å². The van der Waals surface area contributed by atoms with Gasteiger partial charge in [-0.25, -0.2) is 0 Å². The first-order valence-corrected chi connectivity index (χ1v) is 11.7. The number of hydrogen-bond acceptors (Lipinski definition) is 1. The monoisotopic (exact) mass is 358 g/mol. The smallest absolute Gasteiger partial charge is 0.182 e. The van der Waals surface area contributed by atoms with Crippen LogP contribution in [0.2, 0.25) is 0 Å². The molecule has 1 aliphatic carbocycles. The van der Waals surface area contributed by atoms with Gasteiger partial charge in [-0.3, -0.25) is 0 Å². The van der Waals surface area contributed by atoms with Crippen LogP contribution in [0.3, 0.4) is 0 Å². The molecule has 2 heteroatoms. The molecule has 0 aliphatic heterocycles. The molecule has 0 heterocycles. The van der Waals surface area contributed by atoms with Gasteiger partial charge >= 0.3 is 0 Å². The minimum Gasteiger partial charge on any atom is -0.392 e. The second-order valence-electron chi connectivity index (χ2n) is 7.44. The van der Waals surface area contributed by atoms with E-state index in [1.165, 1.54) is 22.0 Å². The molecule has 1 fully saturated rings. The summed E-state index contributed by atoms with van der Waals surface area (Å²) in [5.74, 6) is 0. The Morgan fingerprint density at radius 1 is 0.538 bits per heavy atom. The van der Waals surface area contributed by atoms with Crippen molar-refractivity contribution in [1.82, 2.24) is 0 Å². The van der Waals surface area contributed by atoms with Crippen LogP contribution in [-0.2, 0) is 0 Å². The molecule has 132 valence electrons. The van der Waals surface area contributed by atoms with Gasteiger partial charge in [-0.05, 0) is 28.4 Å². The Kier molecular flexibility index (Phi) is 4.79. The molecule has 1 saturated carbocycles. The van der Waals surface area contributed by atoms with Crippen LogP contribution >= 0.6 is 0 Å². The molecular formula is C24H26OSi. The van der Waals surface area contributed by atoms with Crippen LogP contribution in [0.5, 0.6) is 0 Å². The molecule has 26 heavy (non-hydrogen) atoms. The van der Waals surface area contributed by atoms with Crippen molar-refractivity contribution >= 4 is 23.6 Å². The minimum atomic E-state index is -2.59. The lowest BCUT2D eigenvalue weighted by atomic mass is 9.97. The van der Waals surface area contributed by atoms with Crippen LogP contribution in [0.15, 0.2) is 91.0 Å². The van der Waals surface area contributed by atoms with Crippen molar-refractivity contribution in [2.75, 3.05) is 0 Å². The molecule has 0 aromatic heterocycles. The summed E-state index contributed by atoms with van der Waals surface area (Å²) in [6.45, 7) is 0. The van der Waals surface area contributed by atoms with Crippen LogP contribution in [0, 0.1) is 0 Å². The summed E-state index contributed by atoms with van der Waals surface area (Å²) in [6.07, 6.45) is 5.22. The molecule has 1 N–H and O–H groups in total. The van der Waals surface area contributed by atoms with Gasteiger partial charge in [0.15, 0.2) is 8.07 Å². The predicted molar refractivity (Wildman–Crippen MR) is 112 cm³/mol. The van der Waals surface area contributed by atoms with E-state index in [0.29, 0.717) is 0 Å². The molecule has 0 saturated heterocycles. The van der Waals surface area contributed by atoms with E-state index in [2.05, 4.69) is 91.0 Å². The van der Waals surface area contributed by atoms with Crippen molar-refractivity contribution in [2.24, 2.45) is 0 Å². The maximum Gasteiger partial charge on any atom is 0.182 e. The molecule has 0 spiro atoms. The first-order valence-electron chi connectivity index (χ1n) is 9.66. The molecule has 3 aromatic carbocycles. The number of benzene rings is 3. The zero-order chi connectivity index (χ0) is 17.9. The molecule has 0 unspecified atom stereocenters. The zero-order valence-corrected chi connectivity index (χ0v) is 16.1.